The second kappa shape index (κ2) is 5.06. The first-order valence-corrected chi connectivity index (χ1v) is 5.60. The number of nitrogens with one attached hydrogen (secondary N) is 1. The predicted octanol–water partition coefficient (Wildman–Crippen LogP) is 2.92. The molecule has 17 heavy (non-hydrogen) atoms. The minimum atomic E-state index is -0.131. The Balaban J connectivity index is 2.13. The van der Waals surface area contributed by atoms with Crippen LogP contribution in [-0.2, 0) is 6.61 Å². The molecule has 0 aliphatic rings. The molecule has 0 unspecified atom stereocenters. The lowest BCUT2D eigenvalue weighted by atomic mass is 10.2. The molecule has 0 atom stereocenters. The molecular formula is C13H12ClNO2. The highest BCUT2D eigenvalue weighted by Gasteiger charge is 2.03. The maximum absolute atomic E-state index is 11.6. The number of aromatic nitrogens is 1. The van der Waals surface area contributed by atoms with E-state index in [-0.39, 0.29) is 12.0 Å². The van der Waals surface area contributed by atoms with Gasteiger partial charge in [-0.05, 0) is 13.0 Å². The molecule has 0 saturated carbocycles. The van der Waals surface area contributed by atoms with E-state index in [4.69, 9.17) is 16.3 Å². The van der Waals surface area contributed by atoms with E-state index in [1.807, 2.05) is 25.1 Å². The fraction of sp³-hybridized carbons (Fsp3) is 0.154. The van der Waals surface area contributed by atoms with E-state index in [1.54, 1.807) is 12.3 Å². The van der Waals surface area contributed by atoms with Crippen LogP contribution < -0.4 is 10.2 Å². The standard InChI is InChI=1S/C13H12ClNO2/c1-9-6-12(16)13(7-15-9)17-8-10-4-2-3-5-11(10)14/h2-7H,8H2,1H3,(H,15,16). The summed E-state index contributed by atoms with van der Waals surface area (Å²) in [6, 6.07) is 8.89. The number of benzene rings is 1. The first kappa shape index (κ1) is 11.7. The van der Waals surface area contributed by atoms with Crippen molar-refractivity contribution in [1.29, 1.82) is 0 Å². The van der Waals surface area contributed by atoms with Gasteiger partial charge in [-0.2, -0.15) is 0 Å². The third-order valence-electron chi connectivity index (χ3n) is 2.36. The van der Waals surface area contributed by atoms with E-state index in [0.29, 0.717) is 10.8 Å². The smallest absolute Gasteiger partial charge is 0.223 e. The lowest BCUT2D eigenvalue weighted by molar-refractivity contribution is 0.302. The molecule has 0 aliphatic carbocycles. The number of rotatable bonds is 3. The molecule has 0 radical (unpaired) electrons. The van der Waals surface area contributed by atoms with Crippen LogP contribution in [0.1, 0.15) is 11.3 Å². The molecule has 1 aromatic heterocycles. The van der Waals surface area contributed by atoms with E-state index in [0.717, 1.165) is 11.3 Å². The third-order valence-corrected chi connectivity index (χ3v) is 2.73. The van der Waals surface area contributed by atoms with E-state index >= 15 is 0 Å². The average Bonchev–Trinajstić information content (AvgIpc) is 2.30. The minimum Gasteiger partial charge on any atom is -0.483 e. The molecule has 0 bridgehead atoms. The van der Waals surface area contributed by atoms with E-state index in [2.05, 4.69) is 4.98 Å². The number of aryl methyl sites for hydroxylation is 1. The third kappa shape index (κ3) is 2.88. The molecule has 1 heterocycles. The molecule has 2 aromatic rings. The Kier molecular flexibility index (Phi) is 3.49. The summed E-state index contributed by atoms with van der Waals surface area (Å²) in [5, 5.41) is 0.635. The Hall–Kier alpha value is -1.74. The van der Waals surface area contributed by atoms with Gasteiger partial charge in [0, 0.05) is 28.5 Å². The number of halogens is 1. The van der Waals surface area contributed by atoms with E-state index in [9.17, 15) is 4.79 Å². The van der Waals surface area contributed by atoms with Gasteiger partial charge in [-0.25, -0.2) is 0 Å². The summed E-state index contributed by atoms with van der Waals surface area (Å²) in [4.78, 5) is 14.5. The van der Waals surface area contributed by atoms with Crippen molar-refractivity contribution in [3.8, 4) is 5.75 Å². The Morgan fingerprint density at radius 1 is 1.35 bits per heavy atom. The highest BCUT2D eigenvalue weighted by Crippen LogP contribution is 2.16. The van der Waals surface area contributed by atoms with Gasteiger partial charge in [-0.1, -0.05) is 29.8 Å². The molecule has 4 heteroatoms. The summed E-state index contributed by atoms with van der Waals surface area (Å²) in [7, 11) is 0. The molecule has 2 rings (SSSR count). The van der Waals surface area contributed by atoms with Crippen LogP contribution in [-0.4, -0.2) is 4.98 Å². The second-order valence-corrected chi connectivity index (χ2v) is 4.13. The van der Waals surface area contributed by atoms with Gasteiger partial charge in [0.1, 0.15) is 6.61 Å². The number of hydrogen-bond acceptors (Lipinski definition) is 2. The van der Waals surface area contributed by atoms with Crippen LogP contribution in [0.15, 0.2) is 41.3 Å². The Labute approximate surface area is 104 Å². The van der Waals surface area contributed by atoms with Gasteiger partial charge >= 0.3 is 0 Å². The fourth-order valence-electron chi connectivity index (χ4n) is 1.44. The van der Waals surface area contributed by atoms with Gasteiger partial charge in [-0.3, -0.25) is 4.79 Å². The van der Waals surface area contributed by atoms with Crippen molar-refractivity contribution >= 4 is 11.6 Å². The van der Waals surface area contributed by atoms with Gasteiger partial charge < -0.3 is 9.72 Å². The van der Waals surface area contributed by atoms with Crippen molar-refractivity contribution in [2.24, 2.45) is 0 Å². The predicted molar refractivity (Wildman–Crippen MR) is 67.6 cm³/mol. The van der Waals surface area contributed by atoms with Crippen molar-refractivity contribution in [1.82, 2.24) is 4.98 Å². The summed E-state index contributed by atoms with van der Waals surface area (Å²) < 4.78 is 5.43. The average molecular weight is 250 g/mol. The van der Waals surface area contributed by atoms with Crippen LogP contribution in [0.25, 0.3) is 0 Å². The topological polar surface area (TPSA) is 42.1 Å². The van der Waals surface area contributed by atoms with Gasteiger partial charge in [0.2, 0.25) is 5.43 Å². The first-order chi connectivity index (χ1) is 8.16. The second-order valence-electron chi connectivity index (χ2n) is 3.72. The minimum absolute atomic E-state index is 0.131. The zero-order valence-electron chi connectivity index (χ0n) is 9.37. The maximum Gasteiger partial charge on any atom is 0.223 e. The number of H-pyrrole nitrogens is 1. The van der Waals surface area contributed by atoms with Crippen molar-refractivity contribution in [3.05, 3.63) is 63.0 Å². The monoisotopic (exact) mass is 249 g/mol. The van der Waals surface area contributed by atoms with Crippen molar-refractivity contribution in [2.75, 3.05) is 0 Å². The summed E-state index contributed by atoms with van der Waals surface area (Å²) in [5.74, 6) is 0.301. The molecular weight excluding hydrogens is 238 g/mol. The van der Waals surface area contributed by atoms with Gasteiger partial charge in [0.05, 0.1) is 0 Å². The molecule has 0 spiro atoms. The molecule has 1 aromatic carbocycles. The highest BCUT2D eigenvalue weighted by atomic mass is 35.5. The van der Waals surface area contributed by atoms with Crippen LogP contribution in [0.5, 0.6) is 5.75 Å². The quantitative estimate of drug-likeness (QED) is 0.909. The summed E-state index contributed by atoms with van der Waals surface area (Å²) in [6.07, 6.45) is 1.56. The zero-order chi connectivity index (χ0) is 12.3. The Morgan fingerprint density at radius 3 is 2.82 bits per heavy atom. The van der Waals surface area contributed by atoms with Gasteiger partial charge in [0.25, 0.3) is 0 Å². The first-order valence-electron chi connectivity index (χ1n) is 5.22. The SMILES string of the molecule is Cc1cc(=O)c(OCc2ccccc2Cl)c[nH]1. The van der Waals surface area contributed by atoms with Crippen molar-refractivity contribution in [3.63, 3.8) is 0 Å². The molecule has 0 fully saturated rings. The Morgan fingerprint density at radius 2 is 2.12 bits per heavy atom. The number of pyridine rings is 1. The number of hydrogen-bond donors (Lipinski definition) is 1. The van der Waals surface area contributed by atoms with Crippen LogP contribution in [0.2, 0.25) is 5.02 Å². The van der Waals surface area contributed by atoms with E-state index < -0.39 is 0 Å². The lowest BCUT2D eigenvalue weighted by Gasteiger charge is -2.07. The highest BCUT2D eigenvalue weighted by molar-refractivity contribution is 6.31. The fourth-order valence-corrected chi connectivity index (χ4v) is 1.63. The van der Waals surface area contributed by atoms with Gasteiger partial charge in [0.15, 0.2) is 5.75 Å². The summed E-state index contributed by atoms with van der Waals surface area (Å²) in [6.45, 7) is 2.10. The number of aromatic amines is 1. The molecule has 0 aliphatic heterocycles. The van der Waals surface area contributed by atoms with Crippen LogP contribution in [0.4, 0.5) is 0 Å². The summed E-state index contributed by atoms with van der Waals surface area (Å²) >= 11 is 5.99. The summed E-state index contributed by atoms with van der Waals surface area (Å²) in [5.41, 5.74) is 1.53. The van der Waals surface area contributed by atoms with Crippen LogP contribution in [0, 0.1) is 6.92 Å². The van der Waals surface area contributed by atoms with Crippen LogP contribution in [0.3, 0.4) is 0 Å². The Bertz CT molecular complexity index is 578. The van der Waals surface area contributed by atoms with Crippen LogP contribution >= 0.6 is 11.6 Å². The molecule has 88 valence electrons. The largest absolute Gasteiger partial charge is 0.483 e. The normalized spacial score (nSPS) is 10.2. The van der Waals surface area contributed by atoms with Gasteiger partial charge in [-0.15, -0.1) is 0 Å². The lowest BCUT2D eigenvalue weighted by Crippen LogP contribution is -2.08. The van der Waals surface area contributed by atoms with Crippen molar-refractivity contribution in [2.45, 2.75) is 13.5 Å². The van der Waals surface area contributed by atoms with E-state index in [1.165, 1.54) is 6.07 Å². The number of ether oxygens (including phenoxy) is 1. The maximum atomic E-state index is 11.6. The molecule has 0 saturated heterocycles. The van der Waals surface area contributed by atoms with Crippen molar-refractivity contribution < 1.29 is 4.74 Å². The molecule has 1 N–H and O–H groups in total. The molecule has 0 amide bonds. The zero-order valence-corrected chi connectivity index (χ0v) is 10.1. The molecule has 3 nitrogen and oxygen atoms in total.